The number of aryl methyl sites for hydroxylation is 2. The zero-order valence-corrected chi connectivity index (χ0v) is 18.2. The first-order valence-electron chi connectivity index (χ1n) is 8.79. The molecular weight excluding hydrogens is 394 g/mol. The Hall–Kier alpha value is -2.32. The zero-order valence-electron chi connectivity index (χ0n) is 16.5. The van der Waals surface area contributed by atoms with Crippen LogP contribution in [0.2, 0.25) is 0 Å². The summed E-state index contributed by atoms with van der Waals surface area (Å²) in [4.78, 5) is 23.4. The molecule has 1 N–H and O–H groups in total. The summed E-state index contributed by atoms with van der Waals surface area (Å²) in [6.07, 6.45) is 1.56. The highest BCUT2D eigenvalue weighted by Gasteiger charge is 2.17. The summed E-state index contributed by atoms with van der Waals surface area (Å²) < 4.78 is 10.7. The van der Waals surface area contributed by atoms with E-state index >= 15 is 0 Å². The number of benzene rings is 1. The van der Waals surface area contributed by atoms with Crippen molar-refractivity contribution in [3.8, 4) is 11.5 Å². The van der Waals surface area contributed by atoms with E-state index in [0.29, 0.717) is 5.75 Å². The first kappa shape index (κ1) is 20.4. The summed E-state index contributed by atoms with van der Waals surface area (Å²) in [6.45, 7) is 6.07. The molecule has 1 atom stereocenters. The van der Waals surface area contributed by atoms with Crippen LogP contribution in [0.1, 0.15) is 29.0 Å². The Labute approximate surface area is 172 Å². The lowest BCUT2D eigenvalue weighted by molar-refractivity contribution is -0.119. The molecule has 0 aliphatic carbocycles. The standard InChI is InChI=1S/C20H23N3O3S2/c1-11-13(3)28-20-18(11)19(21-10-22-20)27-9-17(24)23-12(2)15-8-14(25-4)6-7-16(15)26-5/h6-8,10,12H,9H2,1-5H3,(H,23,24)/t12-/m0/s1. The molecule has 1 aromatic carbocycles. The highest BCUT2D eigenvalue weighted by molar-refractivity contribution is 8.00. The number of carbonyl (C=O) groups is 1. The molecule has 0 bridgehead atoms. The number of thiophene rings is 1. The number of hydrogen-bond acceptors (Lipinski definition) is 7. The predicted octanol–water partition coefficient (Wildman–Crippen LogP) is 4.29. The van der Waals surface area contributed by atoms with Crippen molar-refractivity contribution in [1.29, 1.82) is 0 Å². The van der Waals surface area contributed by atoms with Gasteiger partial charge >= 0.3 is 0 Å². The highest BCUT2D eigenvalue weighted by Crippen LogP contribution is 2.34. The number of hydrogen-bond donors (Lipinski definition) is 1. The average Bonchev–Trinajstić information content (AvgIpc) is 3.00. The number of aromatic nitrogens is 2. The fraction of sp³-hybridized carbons (Fsp3) is 0.350. The zero-order chi connectivity index (χ0) is 20.3. The highest BCUT2D eigenvalue weighted by atomic mass is 32.2. The lowest BCUT2D eigenvalue weighted by Gasteiger charge is -2.18. The van der Waals surface area contributed by atoms with Gasteiger partial charge in [-0.05, 0) is 44.5 Å². The molecule has 0 radical (unpaired) electrons. The van der Waals surface area contributed by atoms with E-state index in [0.717, 1.165) is 26.6 Å². The molecule has 2 heterocycles. The maximum atomic E-state index is 12.5. The van der Waals surface area contributed by atoms with Gasteiger partial charge in [0.15, 0.2) is 0 Å². The van der Waals surface area contributed by atoms with Crippen molar-refractivity contribution >= 4 is 39.2 Å². The third-order valence-corrected chi connectivity index (χ3v) is 6.66. The summed E-state index contributed by atoms with van der Waals surface area (Å²) in [5, 5.41) is 4.91. The van der Waals surface area contributed by atoms with Crippen LogP contribution in [-0.2, 0) is 4.79 Å². The van der Waals surface area contributed by atoms with Crippen LogP contribution in [0.3, 0.4) is 0 Å². The van der Waals surface area contributed by atoms with Gasteiger partial charge in [0.05, 0.1) is 26.0 Å². The fourth-order valence-electron chi connectivity index (χ4n) is 2.93. The summed E-state index contributed by atoms with van der Waals surface area (Å²) in [5.74, 6) is 1.64. The average molecular weight is 418 g/mol. The number of rotatable bonds is 7. The van der Waals surface area contributed by atoms with Crippen LogP contribution in [0, 0.1) is 13.8 Å². The van der Waals surface area contributed by atoms with Gasteiger partial charge in [0.1, 0.15) is 27.7 Å². The van der Waals surface area contributed by atoms with Crippen molar-refractivity contribution in [3.63, 3.8) is 0 Å². The lowest BCUT2D eigenvalue weighted by Crippen LogP contribution is -2.28. The molecule has 0 aliphatic rings. The lowest BCUT2D eigenvalue weighted by atomic mass is 10.1. The molecule has 1 amide bonds. The minimum Gasteiger partial charge on any atom is -0.497 e. The van der Waals surface area contributed by atoms with Gasteiger partial charge < -0.3 is 14.8 Å². The van der Waals surface area contributed by atoms with Crippen LogP contribution < -0.4 is 14.8 Å². The van der Waals surface area contributed by atoms with Crippen LogP contribution in [0.15, 0.2) is 29.6 Å². The first-order chi connectivity index (χ1) is 13.4. The second-order valence-electron chi connectivity index (χ2n) is 6.33. The molecule has 0 aliphatic heterocycles. The fourth-order valence-corrected chi connectivity index (χ4v) is 4.86. The van der Waals surface area contributed by atoms with Crippen LogP contribution in [0.5, 0.6) is 11.5 Å². The maximum Gasteiger partial charge on any atom is 0.230 e. The van der Waals surface area contributed by atoms with E-state index in [1.807, 2.05) is 25.1 Å². The Morgan fingerprint density at radius 2 is 2.04 bits per heavy atom. The molecule has 2 aromatic heterocycles. The summed E-state index contributed by atoms with van der Waals surface area (Å²) >= 11 is 3.08. The van der Waals surface area contributed by atoms with Gasteiger partial charge in [0.2, 0.25) is 5.91 Å². The van der Waals surface area contributed by atoms with Gasteiger partial charge in [-0.1, -0.05) is 11.8 Å². The van der Waals surface area contributed by atoms with Crippen molar-refractivity contribution in [2.75, 3.05) is 20.0 Å². The molecule has 8 heteroatoms. The van der Waals surface area contributed by atoms with Crippen molar-refractivity contribution in [2.24, 2.45) is 0 Å². The normalized spacial score (nSPS) is 12.0. The molecule has 28 heavy (non-hydrogen) atoms. The molecule has 0 spiro atoms. The van der Waals surface area contributed by atoms with Crippen LogP contribution >= 0.6 is 23.1 Å². The van der Waals surface area contributed by atoms with E-state index in [9.17, 15) is 4.79 Å². The number of nitrogens with one attached hydrogen (secondary N) is 1. The Bertz CT molecular complexity index is 1000. The molecule has 0 saturated carbocycles. The predicted molar refractivity (Wildman–Crippen MR) is 114 cm³/mol. The van der Waals surface area contributed by atoms with Crippen LogP contribution in [0.4, 0.5) is 0 Å². The van der Waals surface area contributed by atoms with Crippen LogP contribution in [-0.4, -0.2) is 35.8 Å². The summed E-state index contributed by atoms with van der Waals surface area (Å²) in [7, 11) is 3.23. The van der Waals surface area contributed by atoms with E-state index in [1.54, 1.807) is 31.9 Å². The number of carbonyl (C=O) groups excluding carboxylic acids is 1. The van der Waals surface area contributed by atoms with Gasteiger partial charge in [-0.3, -0.25) is 4.79 Å². The van der Waals surface area contributed by atoms with Crippen LogP contribution in [0.25, 0.3) is 10.2 Å². The van der Waals surface area contributed by atoms with Gasteiger partial charge in [0, 0.05) is 15.8 Å². The molecule has 0 unspecified atom stereocenters. The Balaban J connectivity index is 1.70. The van der Waals surface area contributed by atoms with E-state index in [1.165, 1.54) is 22.2 Å². The maximum absolute atomic E-state index is 12.5. The van der Waals surface area contributed by atoms with E-state index in [2.05, 4.69) is 29.1 Å². The van der Waals surface area contributed by atoms with Gasteiger partial charge in [-0.25, -0.2) is 9.97 Å². The molecule has 0 fully saturated rings. The van der Waals surface area contributed by atoms with Crippen molar-refractivity contribution in [1.82, 2.24) is 15.3 Å². The Morgan fingerprint density at radius 3 is 2.75 bits per heavy atom. The van der Waals surface area contributed by atoms with Gasteiger partial charge in [-0.2, -0.15) is 0 Å². The molecule has 6 nitrogen and oxygen atoms in total. The molecule has 3 aromatic rings. The first-order valence-corrected chi connectivity index (χ1v) is 10.6. The minimum atomic E-state index is -0.214. The molecular formula is C20H23N3O3S2. The second kappa shape index (κ2) is 8.79. The van der Waals surface area contributed by atoms with Gasteiger partial charge in [-0.15, -0.1) is 11.3 Å². The number of amides is 1. The number of fused-ring (bicyclic) bond motifs is 1. The number of ether oxygens (including phenoxy) is 2. The molecule has 0 saturated heterocycles. The second-order valence-corrected chi connectivity index (χ2v) is 8.50. The smallest absolute Gasteiger partial charge is 0.230 e. The Kier molecular flexibility index (Phi) is 6.41. The van der Waals surface area contributed by atoms with Crippen molar-refractivity contribution < 1.29 is 14.3 Å². The SMILES string of the molecule is COc1ccc(OC)c([C@H](C)NC(=O)CSc2ncnc3sc(C)c(C)c23)c1. The number of nitrogens with zero attached hydrogens (tertiary/aromatic N) is 2. The van der Waals surface area contributed by atoms with E-state index in [4.69, 9.17) is 9.47 Å². The summed E-state index contributed by atoms with van der Waals surface area (Å²) in [5.41, 5.74) is 2.05. The Morgan fingerprint density at radius 1 is 1.25 bits per heavy atom. The van der Waals surface area contributed by atoms with Crippen molar-refractivity contribution in [3.05, 3.63) is 40.5 Å². The number of methoxy groups -OCH3 is 2. The largest absolute Gasteiger partial charge is 0.497 e. The van der Waals surface area contributed by atoms with E-state index < -0.39 is 0 Å². The molecule has 3 rings (SSSR count). The monoisotopic (exact) mass is 417 g/mol. The topological polar surface area (TPSA) is 73.3 Å². The van der Waals surface area contributed by atoms with E-state index in [-0.39, 0.29) is 17.7 Å². The third kappa shape index (κ3) is 4.23. The quantitative estimate of drug-likeness (QED) is 0.457. The summed E-state index contributed by atoms with van der Waals surface area (Å²) in [6, 6.07) is 5.33. The third-order valence-electron chi connectivity index (χ3n) is 4.55. The van der Waals surface area contributed by atoms with Gasteiger partial charge in [0.25, 0.3) is 0 Å². The minimum absolute atomic E-state index is 0.0706. The number of thioether (sulfide) groups is 1. The molecule has 148 valence electrons. The van der Waals surface area contributed by atoms with Crippen molar-refractivity contribution in [2.45, 2.75) is 31.8 Å².